The second-order valence-corrected chi connectivity index (χ2v) is 5.97. The molecule has 18 heavy (non-hydrogen) atoms. The monoisotopic (exact) mass is 301 g/mol. The van der Waals surface area contributed by atoms with E-state index < -0.39 is 0 Å². The van der Waals surface area contributed by atoms with E-state index in [1.54, 1.807) is 0 Å². The van der Waals surface area contributed by atoms with Crippen molar-refractivity contribution in [3.05, 3.63) is 52.3 Å². The predicted octanol–water partition coefficient (Wildman–Crippen LogP) is 5.09. The maximum Gasteiger partial charge on any atom is 0.0303 e. The van der Waals surface area contributed by atoms with Crippen LogP contribution in [0, 0.1) is 6.92 Å². The van der Waals surface area contributed by atoms with Crippen molar-refractivity contribution in [2.45, 2.75) is 32.1 Å². The molecule has 1 fully saturated rings. The van der Waals surface area contributed by atoms with Crippen LogP contribution in [-0.2, 0) is 0 Å². The van der Waals surface area contributed by atoms with Gasteiger partial charge in [0.15, 0.2) is 0 Å². The van der Waals surface area contributed by atoms with Crippen molar-refractivity contribution in [3.8, 4) is 11.1 Å². The molecule has 1 aromatic heterocycles. The highest BCUT2D eigenvalue weighted by Crippen LogP contribution is 2.42. The molecule has 0 bridgehead atoms. The lowest BCUT2D eigenvalue weighted by Crippen LogP contribution is -2.10. The molecule has 1 aromatic carbocycles. The zero-order valence-corrected chi connectivity index (χ0v) is 12.1. The first-order valence-electron chi connectivity index (χ1n) is 6.46. The third-order valence-corrected chi connectivity index (χ3v) is 4.36. The Bertz CT molecular complexity index is 573. The Balaban J connectivity index is 2.15. The molecule has 1 saturated carbocycles. The van der Waals surface area contributed by atoms with Gasteiger partial charge >= 0.3 is 0 Å². The second kappa shape index (κ2) is 4.85. The molecule has 0 amide bonds. The molecule has 1 aliphatic carbocycles. The van der Waals surface area contributed by atoms with Crippen LogP contribution in [0.3, 0.4) is 0 Å². The lowest BCUT2D eigenvalue weighted by atomic mass is 9.77. The van der Waals surface area contributed by atoms with Crippen molar-refractivity contribution >= 4 is 15.9 Å². The minimum Gasteiger partial charge on any atom is -0.264 e. The average molecular weight is 302 g/mol. The van der Waals surface area contributed by atoms with Crippen molar-refractivity contribution in [2.24, 2.45) is 0 Å². The van der Waals surface area contributed by atoms with Crippen LogP contribution in [0.25, 0.3) is 11.1 Å². The van der Waals surface area contributed by atoms with Gasteiger partial charge in [-0.15, -0.1) is 0 Å². The van der Waals surface area contributed by atoms with Crippen LogP contribution in [-0.4, -0.2) is 4.98 Å². The SMILES string of the molecule is Cc1cnccc1-c1cc(Br)ccc1C1CCC1. The first kappa shape index (κ1) is 11.9. The molecule has 92 valence electrons. The number of hydrogen-bond donors (Lipinski definition) is 0. The van der Waals surface area contributed by atoms with Crippen LogP contribution in [0.4, 0.5) is 0 Å². The van der Waals surface area contributed by atoms with Gasteiger partial charge in [-0.2, -0.15) is 0 Å². The molecule has 0 aliphatic heterocycles. The predicted molar refractivity (Wildman–Crippen MR) is 78.7 cm³/mol. The Hall–Kier alpha value is -1.15. The standard InChI is InChI=1S/C16H16BrN/c1-11-10-18-8-7-14(11)16-9-13(17)5-6-15(16)12-3-2-4-12/h5-10,12H,2-4H2,1H3. The second-order valence-electron chi connectivity index (χ2n) is 5.05. The van der Waals surface area contributed by atoms with Crippen LogP contribution >= 0.6 is 15.9 Å². The van der Waals surface area contributed by atoms with E-state index in [0.29, 0.717) is 0 Å². The highest BCUT2D eigenvalue weighted by molar-refractivity contribution is 9.10. The summed E-state index contributed by atoms with van der Waals surface area (Å²) in [4.78, 5) is 4.19. The first-order chi connectivity index (χ1) is 8.75. The molecule has 2 aromatic rings. The quantitative estimate of drug-likeness (QED) is 0.753. The Labute approximate surface area is 116 Å². The molecule has 3 rings (SSSR count). The van der Waals surface area contributed by atoms with E-state index in [9.17, 15) is 0 Å². The fraction of sp³-hybridized carbons (Fsp3) is 0.312. The van der Waals surface area contributed by atoms with E-state index >= 15 is 0 Å². The van der Waals surface area contributed by atoms with Crippen molar-refractivity contribution in [1.82, 2.24) is 4.98 Å². The van der Waals surface area contributed by atoms with Crippen molar-refractivity contribution in [3.63, 3.8) is 0 Å². The molecule has 2 heteroatoms. The summed E-state index contributed by atoms with van der Waals surface area (Å²) in [6, 6.07) is 8.81. The lowest BCUT2D eigenvalue weighted by Gasteiger charge is -2.28. The van der Waals surface area contributed by atoms with Crippen molar-refractivity contribution in [1.29, 1.82) is 0 Å². The van der Waals surface area contributed by atoms with Gasteiger partial charge in [0.25, 0.3) is 0 Å². The molecular formula is C16H16BrN. The maximum absolute atomic E-state index is 4.19. The summed E-state index contributed by atoms with van der Waals surface area (Å²) in [5.41, 5.74) is 5.43. The third kappa shape index (κ3) is 2.10. The molecule has 0 N–H and O–H groups in total. The van der Waals surface area contributed by atoms with Gasteiger partial charge in [-0.05, 0) is 66.1 Å². The molecular weight excluding hydrogens is 286 g/mol. The summed E-state index contributed by atoms with van der Waals surface area (Å²) in [6.07, 6.45) is 7.86. The Morgan fingerprint density at radius 2 is 2.00 bits per heavy atom. The summed E-state index contributed by atoms with van der Waals surface area (Å²) in [5.74, 6) is 0.751. The minimum atomic E-state index is 0.751. The number of benzene rings is 1. The van der Waals surface area contributed by atoms with Gasteiger partial charge < -0.3 is 0 Å². The third-order valence-electron chi connectivity index (χ3n) is 3.87. The van der Waals surface area contributed by atoms with Crippen LogP contribution in [0.15, 0.2) is 41.1 Å². The Kier molecular flexibility index (Phi) is 3.21. The zero-order chi connectivity index (χ0) is 12.5. The molecule has 0 spiro atoms. The van der Waals surface area contributed by atoms with Crippen molar-refractivity contribution < 1.29 is 0 Å². The molecule has 0 saturated heterocycles. The number of nitrogens with zero attached hydrogens (tertiary/aromatic N) is 1. The normalized spacial score (nSPS) is 15.4. The van der Waals surface area contributed by atoms with Crippen molar-refractivity contribution in [2.75, 3.05) is 0 Å². The van der Waals surface area contributed by atoms with Gasteiger partial charge in [0.1, 0.15) is 0 Å². The van der Waals surface area contributed by atoms with E-state index in [2.05, 4.69) is 52.1 Å². The largest absolute Gasteiger partial charge is 0.264 e. The minimum absolute atomic E-state index is 0.751. The molecule has 0 unspecified atom stereocenters. The van der Waals surface area contributed by atoms with Crippen LogP contribution < -0.4 is 0 Å². The van der Waals surface area contributed by atoms with Gasteiger partial charge in [-0.3, -0.25) is 4.98 Å². The van der Waals surface area contributed by atoms with Gasteiger partial charge in [0.2, 0.25) is 0 Å². The zero-order valence-electron chi connectivity index (χ0n) is 10.5. The fourth-order valence-electron chi connectivity index (χ4n) is 2.61. The number of rotatable bonds is 2. The Morgan fingerprint density at radius 3 is 2.67 bits per heavy atom. The summed E-state index contributed by atoms with van der Waals surface area (Å²) in [6.45, 7) is 2.13. The van der Waals surface area contributed by atoms with Gasteiger partial charge in [0.05, 0.1) is 0 Å². The van der Waals surface area contributed by atoms with Crippen LogP contribution in [0.1, 0.15) is 36.3 Å². The Morgan fingerprint density at radius 1 is 1.17 bits per heavy atom. The van der Waals surface area contributed by atoms with Gasteiger partial charge in [-0.1, -0.05) is 28.4 Å². The van der Waals surface area contributed by atoms with E-state index in [-0.39, 0.29) is 0 Å². The van der Waals surface area contributed by atoms with Gasteiger partial charge in [0, 0.05) is 16.9 Å². The van der Waals surface area contributed by atoms with Gasteiger partial charge in [-0.25, -0.2) is 0 Å². The highest BCUT2D eigenvalue weighted by atomic mass is 79.9. The number of aryl methyl sites for hydroxylation is 1. The topological polar surface area (TPSA) is 12.9 Å². The van der Waals surface area contributed by atoms with E-state index in [1.807, 2.05) is 12.4 Å². The van der Waals surface area contributed by atoms with E-state index in [0.717, 1.165) is 10.4 Å². The lowest BCUT2D eigenvalue weighted by molar-refractivity contribution is 0.420. The maximum atomic E-state index is 4.19. The summed E-state index contributed by atoms with van der Waals surface area (Å²) < 4.78 is 1.15. The first-order valence-corrected chi connectivity index (χ1v) is 7.25. The highest BCUT2D eigenvalue weighted by Gasteiger charge is 2.23. The fourth-order valence-corrected chi connectivity index (χ4v) is 2.97. The van der Waals surface area contributed by atoms with Crippen LogP contribution in [0.2, 0.25) is 0 Å². The van der Waals surface area contributed by atoms with E-state index in [1.165, 1.54) is 41.5 Å². The molecule has 0 radical (unpaired) electrons. The average Bonchev–Trinajstić information content (AvgIpc) is 2.30. The smallest absolute Gasteiger partial charge is 0.0303 e. The molecule has 0 atom stereocenters. The molecule has 1 aliphatic rings. The van der Waals surface area contributed by atoms with E-state index in [4.69, 9.17) is 0 Å². The molecule has 1 heterocycles. The summed E-state index contributed by atoms with van der Waals surface area (Å²) in [5, 5.41) is 0. The number of halogens is 1. The van der Waals surface area contributed by atoms with Crippen LogP contribution in [0.5, 0.6) is 0 Å². The summed E-state index contributed by atoms with van der Waals surface area (Å²) in [7, 11) is 0. The summed E-state index contributed by atoms with van der Waals surface area (Å²) >= 11 is 3.59. The molecule has 1 nitrogen and oxygen atoms in total. The number of pyridine rings is 1. The number of aromatic nitrogens is 1. The number of hydrogen-bond acceptors (Lipinski definition) is 1.